The topological polar surface area (TPSA) is 83.5 Å². The van der Waals surface area contributed by atoms with Crippen molar-refractivity contribution >= 4 is 21.7 Å². The van der Waals surface area contributed by atoms with E-state index in [-0.39, 0.29) is 5.75 Å². The molecule has 0 atom stereocenters. The molecule has 6 heteroatoms. The summed E-state index contributed by atoms with van der Waals surface area (Å²) in [5, 5.41) is 9.08. The van der Waals surface area contributed by atoms with E-state index in [9.17, 15) is 13.2 Å². The number of rotatable bonds is 5. The Morgan fingerprint density at radius 3 is 2.17 bits per heavy atom. The molecule has 0 spiro atoms. The number of benzene rings is 1. The van der Waals surface area contributed by atoms with Crippen molar-refractivity contribution in [3.05, 3.63) is 29.8 Å². The lowest BCUT2D eigenvalue weighted by Gasteiger charge is -2.19. The van der Waals surface area contributed by atoms with Crippen LogP contribution in [-0.4, -0.2) is 25.2 Å². The van der Waals surface area contributed by atoms with E-state index in [1.165, 1.54) is 0 Å². The van der Waals surface area contributed by atoms with Crippen molar-refractivity contribution in [2.75, 3.05) is 10.5 Å². The van der Waals surface area contributed by atoms with Gasteiger partial charge in [0.05, 0.1) is 11.2 Å². The Morgan fingerprint density at radius 2 is 1.78 bits per heavy atom. The van der Waals surface area contributed by atoms with Crippen LogP contribution in [0, 0.1) is 0 Å². The third kappa shape index (κ3) is 3.22. The fourth-order valence-corrected chi connectivity index (χ4v) is 1.97. The van der Waals surface area contributed by atoms with Gasteiger partial charge >= 0.3 is 5.97 Å². The first-order valence-corrected chi connectivity index (χ1v) is 7.18. The van der Waals surface area contributed by atoms with Crippen molar-refractivity contribution in [1.82, 2.24) is 0 Å². The number of carboxylic acids is 1. The lowest BCUT2D eigenvalue weighted by atomic mass is 9.85. The summed E-state index contributed by atoms with van der Waals surface area (Å²) in [6.07, 6.45) is 0. The van der Waals surface area contributed by atoms with Crippen LogP contribution in [0.1, 0.15) is 26.3 Å². The van der Waals surface area contributed by atoms with Crippen molar-refractivity contribution in [3.8, 4) is 0 Å². The van der Waals surface area contributed by atoms with Crippen molar-refractivity contribution < 1.29 is 18.3 Å². The first-order chi connectivity index (χ1) is 8.19. The highest BCUT2D eigenvalue weighted by atomic mass is 32.2. The molecule has 0 unspecified atom stereocenters. The Morgan fingerprint density at radius 1 is 1.28 bits per heavy atom. The fourth-order valence-electron chi connectivity index (χ4n) is 1.33. The Balaban J connectivity index is 2.98. The quantitative estimate of drug-likeness (QED) is 0.855. The average molecular weight is 271 g/mol. The predicted octanol–water partition coefficient (Wildman–Crippen LogP) is 1.81. The van der Waals surface area contributed by atoms with Crippen molar-refractivity contribution in [2.45, 2.75) is 26.2 Å². The highest BCUT2D eigenvalue weighted by molar-refractivity contribution is 7.92. The molecule has 0 radical (unpaired) electrons. The Bertz CT molecular complexity index is 532. The number of carbonyl (C=O) groups is 1. The summed E-state index contributed by atoms with van der Waals surface area (Å²) >= 11 is 0. The maximum absolute atomic E-state index is 11.4. The number of aliphatic carboxylic acids is 1. The van der Waals surface area contributed by atoms with Gasteiger partial charge in [0.25, 0.3) is 0 Å². The zero-order chi connectivity index (χ0) is 14.0. The van der Waals surface area contributed by atoms with Gasteiger partial charge in [-0.05, 0) is 38.5 Å². The lowest BCUT2D eigenvalue weighted by Crippen LogP contribution is -2.28. The van der Waals surface area contributed by atoms with Gasteiger partial charge in [-0.3, -0.25) is 9.52 Å². The molecule has 1 aromatic rings. The third-order valence-corrected chi connectivity index (χ3v) is 4.10. The number of nitrogens with one attached hydrogen (secondary N) is 1. The summed E-state index contributed by atoms with van der Waals surface area (Å²) in [4.78, 5) is 11.1. The van der Waals surface area contributed by atoms with Crippen LogP contribution in [0.25, 0.3) is 0 Å². The van der Waals surface area contributed by atoms with Gasteiger partial charge < -0.3 is 5.11 Å². The van der Waals surface area contributed by atoms with Crippen LogP contribution >= 0.6 is 0 Å². The van der Waals surface area contributed by atoms with Crippen LogP contribution in [-0.2, 0) is 20.2 Å². The molecule has 0 amide bonds. The largest absolute Gasteiger partial charge is 0.481 e. The molecule has 100 valence electrons. The molecule has 0 aliphatic rings. The molecule has 0 aromatic heterocycles. The fraction of sp³-hybridized carbons (Fsp3) is 0.417. The predicted molar refractivity (Wildman–Crippen MR) is 70.2 cm³/mol. The molecule has 0 saturated heterocycles. The lowest BCUT2D eigenvalue weighted by molar-refractivity contribution is -0.142. The summed E-state index contributed by atoms with van der Waals surface area (Å²) in [5.74, 6) is -0.931. The molecule has 0 saturated carbocycles. The van der Waals surface area contributed by atoms with Gasteiger partial charge in [0.15, 0.2) is 0 Å². The molecule has 0 bridgehead atoms. The van der Waals surface area contributed by atoms with E-state index in [0.29, 0.717) is 11.3 Å². The summed E-state index contributed by atoms with van der Waals surface area (Å²) in [6.45, 7) is 4.74. The van der Waals surface area contributed by atoms with Crippen LogP contribution in [0.4, 0.5) is 5.69 Å². The third-order valence-electron chi connectivity index (χ3n) is 2.79. The van der Waals surface area contributed by atoms with E-state index in [2.05, 4.69) is 4.72 Å². The summed E-state index contributed by atoms with van der Waals surface area (Å²) < 4.78 is 25.1. The smallest absolute Gasteiger partial charge is 0.313 e. The molecule has 0 fully saturated rings. The second kappa shape index (κ2) is 4.97. The molecule has 5 nitrogen and oxygen atoms in total. The molecule has 2 N–H and O–H groups in total. The number of hydrogen-bond acceptors (Lipinski definition) is 3. The van der Waals surface area contributed by atoms with Crippen LogP contribution < -0.4 is 4.72 Å². The van der Waals surface area contributed by atoms with Gasteiger partial charge in [0.2, 0.25) is 10.0 Å². The van der Waals surface area contributed by atoms with E-state index in [0.717, 1.165) is 0 Å². The van der Waals surface area contributed by atoms with E-state index in [1.807, 2.05) is 0 Å². The van der Waals surface area contributed by atoms with Gasteiger partial charge in [-0.15, -0.1) is 0 Å². The maximum Gasteiger partial charge on any atom is 0.313 e. The average Bonchev–Trinajstić information content (AvgIpc) is 2.29. The molecule has 0 aliphatic heterocycles. The molecular weight excluding hydrogens is 254 g/mol. The van der Waals surface area contributed by atoms with E-state index in [4.69, 9.17) is 5.11 Å². The molecule has 18 heavy (non-hydrogen) atoms. The molecular formula is C12H17NO4S. The normalized spacial score (nSPS) is 12.2. The van der Waals surface area contributed by atoms with Gasteiger partial charge in [0, 0.05) is 5.69 Å². The minimum atomic E-state index is -3.30. The molecule has 1 aromatic carbocycles. The van der Waals surface area contributed by atoms with Crippen molar-refractivity contribution in [2.24, 2.45) is 0 Å². The second-order valence-corrected chi connectivity index (χ2v) is 6.52. The zero-order valence-corrected chi connectivity index (χ0v) is 11.4. The van der Waals surface area contributed by atoms with E-state index >= 15 is 0 Å². The van der Waals surface area contributed by atoms with Crippen LogP contribution in [0.15, 0.2) is 24.3 Å². The van der Waals surface area contributed by atoms with Crippen molar-refractivity contribution in [1.29, 1.82) is 0 Å². The second-order valence-electron chi connectivity index (χ2n) is 4.51. The highest BCUT2D eigenvalue weighted by Gasteiger charge is 2.29. The van der Waals surface area contributed by atoms with Gasteiger partial charge in [-0.1, -0.05) is 12.1 Å². The SMILES string of the molecule is CCS(=O)(=O)Nc1ccc(C(C)(C)C(=O)O)cc1. The first-order valence-electron chi connectivity index (χ1n) is 5.53. The Hall–Kier alpha value is -1.56. The van der Waals surface area contributed by atoms with E-state index < -0.39 is 21.4 Å². The zero-order valence-electron chi connectivity index (χ0n) is 10.6. The maximum atomic E-state index is 11.4. The van der Waals surface area contributed by atoms with Crippen molar-refractivity contribution in [3.63, 3.8) is 0 Å². The number of sulfonamides is 1. The first kappa shape index (κ1) is 14.5. The molecule has 0 heterocycles. The number of hydrogen-bond donors (Lipinski definition) is 2. The molecule has 0 aliphatic carbocycles. The van der Waals surface area contributed by atoms with Crippen LogP contribution in [0.2, 0.25) is 0 Å². The monoisotopic (exact) mass is 271 g/mol. The minimum Gasteiger partial charge on any atom is -0.481 e. The summed E-state index contributed by atoms with van der Waals surface area (Å²) in [6, 6.07) is 6.35. The van der Waals surface area contributed by atoms with E-state index in [1.54, 1.807) is 45.0 Å². The number of anilines is 1. The summed E-state index contributed by atoms with van der Waals surface area (Å²) in [7, 11) is -3.30. The standard InChI is InChI=1S/C12H17NO4S/c1-4-18(16,17)13-10-7-5-9(6-8-10)12(2,3)11(14)15/h5-8,13H,4H2,1-3H3,(H,14,15). The van der Waals surface area contributed by atoms with Crippen LogP contribution in [0.5, 0.6) is 0 Å². The summed E-state index contributed by atoms with van der Waals surface area (Å²) in [5.41, 5.74) is 0.0542. The van der Waals surface area contributed by atoms with Gasteiger partial charge in [0.1, 0.15) is 0 Å². The van der Waals surface area contributed by atoms with Gasteiger partial charge in [-0.2, -0.15) is 0 Å². The number of carboxylic acid groups (broad SMARTS) is 1. The highest BCUT2D eigenvalue weighted by Crippen LogP contribution is 2.25. The Labute approximate surface area is 107 Å². The van der Waals surface area contributed by atoms with Gasteiger partial charge in [-0.25, -0.2) is 8.42 Å². The minimum absolute atomic E-state index is 0.00459. The molecule has 1 rings (SSSR count). The van der Waals surface area contributed by atoms with Crippen LogP contribution in [0.3, 0.4) is 0 Å². The Kier molecular flexibility index (Phi) is 4.01.